The van der Waals surface area contributed by atoms with Crippen LogP contribution in [0.15, 0.2) is 0 Å². The lowest BCUT2D eigenvalue weighted by atomic mass is 10.1. The highest BCUT2D eigenvalue weighted by atomic mass is 32.2. The SMILES string of the molecule is SCCSCC1(CSCCS)CCCS1. The van der Waals surface area contributed by atoms with Crippen molar-refractivity contribution in [3.8, 4) is 0 Å². The quantitative estimate of drug-likeness (QED) is 0.520. The first-order valence-corrected chi connectivity index (χ1v) is 9.90. The monoisotopic (exact) mass is 300 g/mol. The molecule has 90 valence electrons. The van der Waals surface area contributed by atoms with Gasteiger partial charge in [0, 0.05) is 27.8 Å². The first kappa shape index (κ1) is 14.8. The van der Waals surface area contributed by atoms with Crippen molar-refractivity contribution in [3.05, 3.63) is 0 Å². The Kier molecular flexibility index (Phi) is 8.67. The predicted molar refractivity (Wildman–Crippen MR) is 86.8 cm³/mol. The molecule has 1 aliphatic rings. The van der Waals surface area contributed by atoms with Crippen LogP contribution in [-0.4, -0.2) is 45.0 Å². The summed E-state index contributed by atoms with van der Waals surface area (Å²) in [5.74, 6) is 8.41. The third kappa shape index (κ3) is 5.75. The lowest BCUT2D eigenvalue weighted by Gasteiger charge is -2.27. The fourth-order valence-electron chi connectivity index (χ4n) is 1.67. The van der Waals surface area contributed by atoms with Crippen LogP contribution in [0.5, 0.6) is 0 Å². The molecule has 5 heteroatoms. The van der Waals surface area contributed by atoms with Crippen molar-refractivity contribution >= 4 is 60.5 Å². The van der Waals surface area contributed by atoms with Crippen LogP contribution in [0.1, 0.15) is 12.8 Å². The second-order valence-electron chi connectivity index (χ2n) is 3.69. The molecule has 0 saturated carbocycles. The first-order chi connectivity index (χ1) is 7.33. The summed E-state index contributed by atoms with van der Waals surface area (Å²) in [7, 11) is 0. The van der Waals surface area contributed by atoms with Crippen molar-refractivity contribution < 1.29 is 0 Å². The highest BCUT2D eigenvalue weighted by Crippen LogP contribution is 2.42. The average molecular weight is 301 g/mol. The molecule has 0 spiro atoms. The second kappa shape index (κ2) is 8.78. The van der Waals surface area contributed by atoms with Crippen molar-refractivity contribution in [2.75, 3.05) is 40.3 Å². The number of rotatable bonds is 8. The zero-order valence-corrected chi connectivity index (χ0v) is 13.2. The molecule has 15 heavy (non-hydrogen) atoms. The molecule has 0 aromatic rings. The Hall–Kier alpha value is 1.75. The van der Waals surface area contributed by atoms with E-state index in [0.717, 1.165) is 11.5 Å². The minimum atomic E-state index is 0.571. The summed E-state index contributed by atoms with van der Waals surface area (Å²) in [6.45, 7) is 0. The maximum atomic E-state index is 4.27. The maximum Gasteiger partial charge on any atom is 0.0340 e. The van der Waals surface area contributed by atoms with Gasteiger partial charge in [-0.05, 0) is 30.1 Å². The molecule has 1 aliphatic heterocycles. The molecular formula is C10H20S5. The average Bonchev–Trinajstić information content (AvgIpc) is 2.68. The van der Waals surface area contributed by atoms with Gasteiger partial charge in [0.25, 0.3) is 0 Å². The van der Waals surface area contributed by atoms with E-state index in [4.69, 9.17) is 0 Å². The van der Waals surface area contributed by atoms with Gasteiger partial charge in [-0.25, -0.2) is 0 Å². The largest absolute Gasteiger partial charge is 0.179 e. The van der Waals surface area contributed by atoms with Gasteiger partial charge in [0.2, 0.25) is 0 Å². The van der Waals surface area contributed by atoms with Crippen LogP contribution < -0.4 is 0 Å². The fourth-order valence-corrected chi connectivity index (χ4v) is 6.53. The van der Waals surface area contributed by atoms with Gasteiger partial charge in [-0.15, -0.1) is 0 Å². The van der Waals surface area contributed by atoms with E-state index in [1.54, 1.807) is 0 Å². The van der Waals surface area contributed by atoms with Crippen molar-refractivity contribution in [3.63, 3.8) is 0 Å². The summed E-state index contributed by atoms with van der Waals surface area (Å²) < 4.78 is 0.571. The van der Waals surface area contributed by atoms with E-state index in [0.29, 0.717) is 4.75 Å². The van der Waals surface area contributed by atoms with Gasteiger partial charge in [0.1, 0.15) is 0 Å². The van der Waals surface area contributed by atoms with Crippen molar-refractivity contribution in [2.24, 2.45) is 0 Å². The number of thiol groups is 2. The third-order valence-electron chi connectivity index (χ3n) is 2.39. The molecule has 0 bridgehead atoms. The van der Waals surface area contributed by atoms with Gasteiger partial charge in [0.05, 0.1) is 0 Å². The van der Waals surface area contributed by atoms with E-state index < -0.39 is 0 Å². The molecule has 1 heterocycles. The molecule has 0 unspecified atom stereocenters. The van der Waals surface area contributed by atoms with E-state index in [2.05, 4.69) is 60.5 Å². The van der Waals surface area contributed by atoms with Crippen LogP contribution in [0.3, 0.4) is 0 Å². The summed E-state index contributed by atoms with van der Waals surface area (Å²) in [6.07, 6.45) is 2.82. The van der Waals surface area contributed by atoms with Crippen LogP contribution in [0.4, 0.5) is 0 Å². The number of hydrogen-bond donors (Lipinski definition) is 2. The molecule has 0 atom stereocenters. The minimum Gasteiger partial charge on any atom is -0.179 e. The van der Waals surface area contributed by atoms with Gasteiger partial charge in [-0.1, -0.05) is 0 Å². The smallest absolute Gasteiger partial charge is 0.0340 e. The third-order valence-corrected chi connectivity index (χ3v) is 7.90. The Balaban J connectivity index is 2.26. The normalized spacial score (nSPS) is 19.6. The van der Waals surface area contributed by atoms with Crippen LogP contribution in [0.25, 0.3) is 0 Å². The fraction of sp³-hybridized carbons (Fsp3) is 1.00. The predicted octanol–water partition coefficient (Wildman–Crippen LogP) is 3.58. The van der Waals surface area contributed by atoms with Crippen LogP contribution in [0.2, 0.25) is 0 Å². The van der Waals surface area contributed by atoms with E-state index >= 15 is 0 Å². The second-order valence-corrected chi connectivity index (χ2v) is 8.36. The zero-order valence-electron chi connectivity index (χ0n) is 8.98. The van der Waals surface area contributed by atoms with Crippen molar-refractivity contribution in [1.82, 2.24) is 0 Å². The molecule has 1 rings (SSSR count). The Labute approximate surface area is 118 Å². The van der Waals surface area contributed by atoms with Crippen LogP contribution >= 0.6 is 60.5 Å². The molecule has 1 saturated heterocycles. The Morgan fingerprint density at radius 3 is 2.07 bits per heavy atom. The maximum absolute atomic E-state index is 4.27. The molecule has 0 nitrogen and oxygen atoms in total. The van der Waals surface area contributed by atoms with Crippen LogP contribution in [0, 0.1) is 0 Å². The van der Waals surface area contributed by atoms with Crippen LogP contribution in [-0.2, 0) is 0 Å². The topological polar surface area (TPSA) is 0 Å². The summed E-state index contributed by atoms with van der Waals surface area (Å²) >= 11 is 14.9. The van der Waals surface area contributed by atoms with E-state index in [1.807, 2.05) is 0 Å². The Bertz CT molecular complexity index is 144. The summed E-state index contributed by atoms with van der Waals surface area (Å²) in [4.78, 5) is 0. The minimum absolute atomic E-state index is 0.571. The highest BCUT2D eigenvalue weighted by Gasteiger charge is 2.34. The van der Waals surface area contributed by atoms with Crippen molar-refractivity contribution in [2.45, 2.75) is 17.6 Å². The zero-order chi connectivity index (χ0) is 11.0. The van der Waals surface area contributed by atoms with E-state index in [-0.39, 0.29) is 0 Å². The lowest BCUT2D eigenvalue weighted by molar-refractivity contribution is 0.683. The molecule has 1 fully saturated rings. The van der Waals surface area contributed by atoms with Gasteiger partial charge in [-0.3, -0.25) is 0 Å². The summed E-state index contributed by atoms with van der Waals surface area (Å²) in [6, 6.07) is 0. The molecule has 0 aromatic heterocycles. The van der Waals surface area contributed by atoms with Gasteiger partial charge < -0.3 is 0 Å². The Morgan fingerprint density at radius 1 is 1.07 bits per heavy atom. The molecular weight excluding hydrogens is 280 g/mol. The van der Waals surface area contributed by atoms with Gasteiger partial charge in [0.15, 0.2) is 0 Å². The van der Waals surface area contributed by atoms with Crippen molar-refractivity contribution in [1.29, 1.82) is 0 Å². The number of thioether (sulfide) groups is 3. The Morgan fingerprint density at radius 2 is 1.67 bits per heavy atom. The summed E-state index contributed by atoms with van der Waals surface area (Å²) in [5, 5.41) is 0. The molecule has 0 amide bonds. The standard InChI is InChI=1S/C10H20S5/c11-3-6-13-8-10(2-1-5-15-10)9-14-7-4-12/h11-12H,1-9H2. The van der Waals surface area contributed by atoms with Gasteiger partial charge >= 0.3 is 0 Å². The molecule has 0 aromatic carbocycles. The summed E-state index contributed by atoms with van der Waals surface area (Å²) in [5.41, 5.74) is 0. The number of hydrogen-bond acceptors (Lipinski definition) is 5. The lowest BCUT2D eigenvalue weighted by Crippen LogP contribution is -2.28. The van der Waals surface area contributed by atoms with E-state index in [9.17, 15) is 0 Å². The van der Waals surface area contributed by atoms with E-state index in [1.165, 1.54) is 41.6 Å². The van der Waals surface area contributed by atoms with Gasteiger partial charge in [-0.2, -0.15) is 60.5 Å². The molecule has 0 N–H and O–H groups in total. The molecule has 0 aliphatic carbocycles. The first-order valence-electron chi connectivity index (χ1n) is 5.34. The highest BCUT2D eigenvalue weighted by molar-refractivity contribution is 8.06. The molecule has 0 radical (unpaired) electrons.